The number of carbonyl (C=O) groups is 1. The lowest BCUT2D eigenvalue weighted by molar-refractivity contribution is -0.139. The summed E-state index contributed by atoms with van der Waals surface area (Å²) in [7, 11) is 0. The molecular formula is C10H16O2. The Morgan fingerprint density at radius 1 is 1.42 bits per heavy atom. The topological polar surface area (TPSA) is 26.3 Å². The number of hydrogen-bond acceptors (Lipinski definition) is 2. The quantitative estimate of drug-likeness (QED) is 0.475. The molecule has 0 aromatic heterocycles. The lowest BCUT2D eigenvalue weighted by Gasteiger charge is -1.93. The van der Waals surface area contributed by atoms with Crippen LogP contribution in [-0.2, 0) is 9.53 Å². The SMILES string of the molecule is CC(=O)OC/C=C/C=C/C(C)C. The first kappa shape index (κ1) is 11.0. The molecule has 0 aliphatic rings. The number of hydrogen-bond donors (Lipinski definition) is 0. The molecule has 68 valence electrons. The van der Waals surface area contributed by atoms with E-state index in [4.69, 9.17) is 0 Å². The van der Waals surface area contributed by atoms with Gasteiger partial charge in [0.2, 0.25) is 0 Å². The number of ether oxygens (including phenoxy) is 1. The molecule has 12 heavy (non-hydrogen) atoms. The summed E-state index contributed by atoms with van der Waals surface area (Å²) in [6, 6.07) is 0. The molecule has 0 atom stereocenters. The van der Waals surface area contributed by atoms with Crippen molar-refractivity contribution < 1.29 is 9.53 Å². The molecule has 0 unspecified atom stereocenters. The van der Waals surface area contributed by atoms with E-state index in [1.54, 1.807) is 6.08 Å². The third-order valence-corrected chi connectivity index (χ3v) is 1.13. The zero-order chi connectivity index (χ0) is 9.40. The standard InChI is InChI=1S/C10H16O2/c1-9(2)7-5-4-6-8-12-10(3)11/h4-7,9H,8H2,1-3H3/b6-4+,7-5+. The predicted octanol–water partition coefficient (Wildman–Crippen LogP) is 2.32. The molecule has 0 aromatic rings. The molecule has 0 bridgehead atoms. The van der Waals surface area contributed by atoms with E-state index in [1.807, 2.05) is 12.2 Å². The lowest BCUT2D eigenvalue weighted by atomic mass is 10.2. The fraction of sp³-hybridized carbons (Fsp3) is 0.500. The molecule has 0 aliphatic heterocycles. The van der Waals surface area contributed by atoms with Crippen LogP contribution in [0.4, 0.5) is 0 Å². The predicted molar refractivity (Wildman–Crippen MR) is 49.8 cm³/mol. The van der Waals surface area contributed by atoms with Gasteiger partial charge in [0.25, 0.3) is 0 Å². The molecule has 2 heteroatoms. The Hall–Kier alpha value is -1.05. The van der Waals surface area contributed by atoms with Crippen molar-refractivity contribution in [2.75, 3.05) is 6.61 Å². The van der Waals surface area contributed by atoms with Gasteiger partial charge in [-0.05, 0) is 12.0 Å². The van der Waals surface area contributed by atoms with Crippen molar-refractivity contribution in [3.05, 3.63) is 24.3 Å². The summed E-state index contributed by atoms with van der Waals surface area (Å²) < 4.78 is 4.69. The van der Waals surface area contributed by atoms with E-state index >= 15 is 0 Å². The molecule has 0 rings (SSSR count). The molecule has 0 amide bonds. The Kier molecular flexibility index (Phi) is 6.07. The van der Waals surface area contributed by atoms with Gasteiger partial charge in [-0.3, -0.25) is 4.79 Å². The van der Waals surface area contributed by atoms with Crippen molar-refractivity contribution in [1.82, 2.24) is 0 Å². The van der Waals surface area contributed by atoms with Crippen LogP contribution in [-0.4, -0.2) is 12.6 Å². The minimum absolute atomic E-state index is 0.243. The highest BCUT2D eigenvalue weighted by Crippen LogP contribution is 1.93. The summed E-state index contributed by atoms with van der Waals surface area (Å²) in [6.07, 6.45) is 7.71. The fourth-order valence-corrected chi connectivity index (χ4v) is 0.586. The Morgan fingerprint density at radius 2 is 2.08 bits per heavy atom. The highest BCUT2D eigenvalue weighted by Gasteiger charge is 1.85. The summed E-state index contributed by atoms with van der Waals surface area (Å²) in [5.41, 5.74) is 0. The Bertz CT molecular complexity index is 178. The summed E-state index contributed by atoms with van der Waals surface area (Å²) in [4.78, 5) is 10.3. The highest BCUT2D eigenvalue weighted by atomic mass is 16.5. The van der Waals surface area contributed by atoms with E-state index < -0.39 is 0 Å². The van der Waals surface area contributed by atoms with Gasteiger partial charge in [-0.25, -0.2) is 0 Å². The average Bonchev–Trinajstić information content (AvgIpc) is 1.95. The molecule has 0 saturated carbocycles. The minimum atomic E-state index is -0.243. The maximum atomic E-state index is 10.3. The van der Waals surface area contributed by atoms with Gasteiger partial charge in [0.1, 0.15) is 6.61 Å². The van der Waals surface area contributed by atoms with E-state index in [0.29, 0.717) is 12.5 Å². The van der Waals surface area contributed by atoms with Gasteiger partial charge in [0.15, 0.2) is 0 Å². The zero-order valence-electron chi connectivity index (χ0n) is 7.91. The van der Waals surface area contributed by atoms with E-state index in [0.717, 1.165) is 0 Å². The van der Waals surface area contributed by atoms with E-state index in [1.165, 1.54) is 6.92 Å². The van der Waals surface area contributed by atoms with Crippen LogP contribution in [0, 0.1) is 5.92 Å². The van der Waals surface area contributed by atoms with Crippen LogP contribution in [0.15, 0.2) is 24.3 Å². The second-order valence-electron chi connectivity index (χ2n) is 2.86. The van der Waals surface area contributed by atoms with E-state index in [9.17, 15) is 4.79 Å². The van der Waals surface area contributed by atoms with Crippen LogP contribution < -0.4 is 0 Å². The van der Waals surface area contributed by atoms with Gasteiger partial charge in [-0.1, -0.05) is 32.1 Å². The van der Waals surface area contributed by atoms with Crippen LogP contribution in [0.1, 0.15) is 20.8 Å². The normalized spacial score (nSPS) is 11.7. The second kappa shape index (κ2) is 6.65. The molecule has 0 radical (unpaired) electrons. The highest BCUT2D eigenvalue weighted by molar-refractivity contribution is 5.65. The number of carbonyl (C=O) groups excluding carboxylic acids is 1. The maximum absolute atomic E-state index is 10.3. The third-order valence-electron chi connectivity index (χ3n) is 1.13. The number of allylic oxidation sites excluding steroid dienone is 3. The molecule has 0 heterocycles. The van der Waals surface area contributed by atoms with Gasteiger partial charge < -0.3 is 4.74 Å². The number of rotatable bonds is 4. The molecule has 0 N–H and O–H groups in total. The van der Waals surface area contributed by atoms with Crippen molar-refractivity contribution >= 4 is 5.97 Å². The number of esters is 1. The van der Waals surface area contributed by atoms with E-state index in [-0.39, 0.29) is 5.97 Å². The molecule has 2 nitrogen and oxygen atoms in total. The molecule has 0 fully saturated rings. The Balaban J connectivity index is 3.43. The first-order valence-electron chi connectivity index (χ1n) is 4.09. The molecular weight excluding hydrogens is 152 g/mol. The van der Waals surface area contributed by atoms with Gasteiger partial charge in [0, 0.05) is 6.92 Å². The summed E-state index contributed by atoms with van der Waals surface area (Å²) in [6.45, 7) is 5.97. The Morgan fingerprint density at radius 3 is 2.58 bits per heavy atom. The van der Waals surface area contributed by atoms with Crippen LogP contribution in [0.3, 0.4) is 0 Å². The minimum Gasteiger partial charge on any atom is -0.462 e. The smallest absolute Gasteiger partial charge is 0.302 e. The van der Waals surface area contributed by atoms with Crippen LogP contribution in [0.5, 0.6) is 0 Å². The summed E-state index contributed by atoms with van der Waals surface area (Å²) >= 11 is 0. The lowest BCUT2D eigenvalue weighted by Crippen LogP contribution is -1.96. The first-order chi connectivity index (χ1) is 5.63. The Labute approximate surface area is 73.9 Å². The zero-order valence-corrected chi connectivity index (χ0v) is 7.91. The monoisotopic (exact) mass is 168 g/mol. The molecule has 0 aliphatic carbocycles. The summed E-state index contributed by atoms with van der Waals surface area (Å²) in [5, 5.41) is 0. The van der Waals surface area contributed by atoms with Crippen LogP contribution in [0.25, 0.3) is 0 Å². The van der Waals surface area contributed by atoms with Crippen LogP contribution in [0.2, 0.25) is 0 Å². The fourth-order valence-electron chi connectivity index (χ4n) is 0.586. The van der Waals surface area contributed by atoms with E-state index in [2.05, 4.69) is 24.7 Å². The average molecular weight is 168 g/mol. The van der Waals surface area contributed by atoms with Crippen molar-refractivity contribution in [2.24, 2.45) is 5.92 Å². The van der Waals surface area contributed by atoms with Gasteiger partial charge in [-0.2, -0.15) is 0 Å². The third kappa shape index (κ3) is 8.95. The molecule has 0 spiro atoms. The largest absolute Gasteiger partial charge is 0.462 e. The molecule has 0 aromatic carbocycles. The summed E-state index contributed by atoms with van der Waals surface area (Å²) in [5.74, 6) is 0.316. The first-order valence-corrected chi connectivity index (χ1v) is 4.09. The van der Waals surface area contributed by atoms with Gasteiger partial charge >= 0.3 is 5.97 Å². The molecule has 0 saturated heterocycles. The van der Waals surface area contributed by atoms with Crippen LogP contribution >= 0.6 is 0 Å². The van der Waals surface area contributed by atoms with Gasteiger partial charge in [-0.15, -0.1) is 0 Å². The van der Waals surface area contributed by atoms with Crippen molar-refractivity contribution in [2.45, 2.75) is 20.8 Å². The van der Waals surface area contributed by atoms with Crippen molar-refractivity contribution in [3.8, 4) is 0 Å². The maximum Gasteiger partial charge on any atom is 0.302 e. The van der Waals surface area contributed by atoms with Crippen molar-refractivity contribution in [1.29, 1.82) is 0 Å². The van der Waals surface area contributed by atoms with Crippen molar-refractivity contribution in [3.63, 3.8) is 0 Å². The second-order valence-corrected chi connectivity index (χ2v) is 2.86. The van der Waals surface area contributed by atoms with Gasteiger partial charge in [0.05, 0.1) is 0 Å².